The number of sulfonamides is 1. The first-order chi connectivity index (χ1) is 9.24. The SMILES string of the molecule is CC1CC1COc1cc(NS(C)(=O)=O)cc(C(=O)O)c1. The molecular formula is C13H17NO5S. The molecular weight excluding hydrogens is 282 g/mol. The van der Waals surface area contributed by atoms with Crippen molar-refractivity contribution in [2.75, 3.05) is 17.6 Å². The van der Waals surface area contributed by atoms with Gasteiger partial charge in [-0.15, -0.1) is 0 Å². The number of carboxylic acids is 1. The zero-order valence-corrected chi connectivity index (χ0v) is 12.1. The predicted octanol–water partition coefficient (Wildman–Crippen LogP) is 1.79. The fourth-order valence-electron chi connectivity index (χ4n) is 1.91. The largest absolute Gasteiger partial charge is 0.493 e. The molecule has 0 saturated heterocycles. The first-order valence-corrected chi connectivity index (χ1v) is 8.13. The zero-order valence-electron chi connectivity index (χ0n) is 11.3. The van der Waals surface area contributed by atoms with Gasteiger partial charge in [-0.2, -0.15) is 0 Å². The highest BCUT2D eigenvalue weighted by molar-refractivity contribution is 7.92. The smallest absolute Gasteiger partial charge is 0.335 e. The van der Waals surface area contributed by atoms with E-state index in [0.717, 1.165) is 12.7 Å². The van der Waals surface area contributed by atoms with Crippen LogP contribution in [0.5, 0.6) is 5.75 Å². The summed E-state index contributed by atoms with van der Waals surface area (Å²) in [6, 6.07) is 4.14. The Hall–Kier alpha value is -1.76. The van der Waals surface area contributed by atoms with Gasteiger partial charge in [-0.3, -0.25) is 4.72 Å². The Bertz CT molecular complexity index is 626. The third-order valence-electron chi connectivity index (χ3n) is 3.20. The summed E-state index contributed by atoms with van der Waals surface area (Å²) in [5, 5.41) is 9.03. The number of nitrogens with one attached hydrogen (secondary N) is 1. The minimum absolute atomic E-state index is 0.0162. The molecule has 2 atom stereocenters. The van der Waals surface area contributed by atoms with Crippen LogP contribution in [-0.4, -0.2) is 32.4 Å². The molecule has 7 heteroatoms. The quantitative estimate of drug-likeness (QED) is 0.835. The highest BCUT2D eigenvalue weighted by Gasteiger charge is 2.33. The minimum atomic E-state index is -3.46. The summed E-state index contributed by atoms with van der Waals surface area (Å²) >= 11 is 0. The number of anilines is 1. The fourth-order valence-corrected chi connectivity index (χ4v) is 2.46. The number of hydrogen-bond acceptors (Lipinski definition) is 4. The molecule has 1 fully saturated rings. The van der Waals surface area contributed by atoms with Gasteiger partial charge in [0, 0.05) is 6.07 Å². The summed E-state index contributed by atoms with van der Waals surface area (Å²) in [6.45, 7) is 2.64. The third-order valence-corrected chi connectivity index (χ3v) is 3.80. The Balaban J connectivity index is 2.18. The summed E-state index contributed by atoms with van der Waals surface area (Å²) < 4.78 is 30.2. The monoisotopic (exact) mass is 299 g/mol. The van der Waals surface area contributed by atoms with Crippen molar-refractivity contribution >= 4 is 21.7 Å². The van der Waals surface area contributed by atoms with Crippen LogP contribution in [0.1, 0.15) is 23.7 Å². The molecule has 0 heterocycles. The molecule has 6 nitrogen and oxygen atoms in total. The second-order valence-electron chi connectivity index (χ2n) is 5.21. The van der Waals surface area contributed by atoms with Gasteiger partial charge in [0.1, 0.15) is 5.75 Å². The second-order valence-corrected chi connectivity index (χ2v) is 6.96. The molecule has 0 bridgehead atoms. The van der Waals surface area contributed by atoms with Gasteiger partial charge < -0.3 is 9.84 Å². The van der Waals surface area contributed by atoms with Crippen LogP contribution in [0.4, 0.5) is 5.69 Å². The molecule has 0 amide bonds. The van der Waals surface area contributed by atoms with Crippen molar-refractivity contribution in [3.8, 4) is 5.75 Å². The lowest BCUT2D eigenvalue weighted by Crippen LogP contribution is -2.11. The van der Waals surface area contributed by atoms with Crippen molar-refractivity contribution in [3.63, 3.8) is 0 Å². The number of carboxylic acid groups (broad SMARTS) is 1. The summed E-state index contributed by atoms with van der Waals surface area (Å²) in [5.41, 5.74) is 0.170. The Kier molecular flexibility index (Phi) is 3.89. The molecule has 0 radical (unpaired) electrons. The van der Waals surface area contributed by atoms with Crippen LogP contribution >= 0.6 is 0 Å². The van der Waals surface area contributed by atoms with Gasteiger partial charge in [0.25, 0.3) is 0 Å². The van der Waals surface area contributed by atoms with Crippen molar-refractivity contribution in [3.05, 3.63) is 23.8 Å². The van der Waals surface area contributed by atoms with Gasteiger partial charge in [0.05, 0.1) is 24.1 Å². The Morgan fingerprint density at radius 3 is 2.60 bits per heavy atom. The maximum Gasteiger partial charge on any atom is 0.335 e. The van der Waals surface area contributed by atoms with Crippen molar-refractivity contribution in [1.29, 1.82) is 0 Å². The topological polar surface area (TPSA) is 92.7 Å². The fraction of sp³-hybridized carbons (Fsp3) is 0.462. The zero-order chi connectivity index (χ0) is 14.9. The standard InChI is InChI=1S/C13H17NO5S/c1-8-3-10(8)7-19-12-5-9(13(15)16)4-11(6-12)14-20(2,17)18/h4-6,8,10,14H,3,7H2,1-2H3,(H,15,16). The van der Waals surface area contributed by atoms with Crippen molar-refractivity contribution in [2.45, 2.75) is 13.3 Å². The number of rotatable bonds is 6. The number of carbonyl (C=O) groups is 1. The van der Waals surface area contributed by atoms with Crippen LogP contribution in [-0.2, 0) is 10.0 Å². The van der Waals surface area contributed by atoms with E-state index in [-0.39, 0.29) is 11.3 Å². The average molecular weight is 299 g/mol. The summed E-state index contributed by atoms with van der Waals surface area (Å²) in [7, 11) is -3.46. The molecule has 0 spiro atoms. The molecule has 110 valence electrons. The third kappa shape index (κ3) is 4.12. The van der Waals surface area contributed by atoms with E-state index in [9.17, 15) is 13.2 Å². The van der Waals surface area contributed by atoms with E-state index in [0.29, 0.717) is 24.2 Å². The van der Waals surface area contributed by atoms with Gasteiger partial charge in [-0.1, -0.05) is 6.92 Å². The van der Waals surface area contributed by atoms with E-state index in [1.165, 1.54) is 18.2 Å². The summed E-state index contributed by atoms with van der Waals surface area (Å²) in [5.74, 6) is 0.350. The van der Waals surface area contributed by atoms with Crippen LogP contribution in [0, 0.1) is 11.8 Å². The lowest BCUT2D eigenvalue weighted by molar-refractivity contribution is 0.0696. The molecule has 1 aromatic rings. The molecule has 1 aliphatic carbocycles. The molecule has 1 saturated carbocycles. The van der Waals surface area contributed by atoms with Crippen LogP contribution in [0.25, 0.3) is 0 Å². The van der Waals surface area contributed by atoms with Gasteiger partial charge in [-0.25, -0.2) is 13.2 Å². The highest BCUT2D eigenvalue weighted by Crippen LogP contribution is 2.38. The molecule has 1 aromatic carbocycles. The second kappa shape index (κ2) is 5.32. The van der Waals surface area contributed by atoms with Crippen LogP contribution in [0.15, 0.2) is 18.2 Å². The summed E-state index contributed by atoms with van der Waals surface area (Å²) in [4.78, 5) is 11.0. The molecule has 0 aliphatic heterocycles. The average Bonchev–Trinajstić information content (AvgIpc) is 3.00. The van der Waals surface area contributed by atoms with E-state index in [2.05, 4.69) is 11.6 Å². The van der Waals surface area contributed by atoms with Crippen LogP contribution in [0.3, 0.4) is 0 Å². The van der Waals surface area contributed by atoms with Crippen molar-refractivity contribution in [1.82, 2.24) is 0 Å². The summed E-state index contributed by atoms with van der Waals surface area (Å²) in [6.07, 6.45) is 2.11. The van der Waals surface area contributed by atoms with E-state index in [1.807, 2.05) is 0 Å². The number of ether oxygens (including phenoxy) is 1. The van der Waals surface area contributed by atoms with E-state index >= 15 is 0 Å². The molecule has 2 unspecified atom stereocenters. The van der Waals surface area contributed by atoms with Crippen molar-refractivity contribution < 1.29 is 23.1 Å². The Labute approximate surface area is 117 Å². The van der Waals surface area contributed by atoms with Crippen molar-refractivity contribution in [2.24, 2.45) is 11.8 Å². The number of hydrogen-bond donors (Lipinski definition) is 2. The van der Waals surface area contributed by atoms with Crippen LogP contribution < -0.4 is 9.46 Å². The lowest BCUT2D eigenvalue weighted by atomic mass is 10.2. The van der Waals surface area contributed by atoms with Gasteiger partial charge >= 0.3 is 5.97 Å². The molecule has 0 aromatic heterocycles. The maximum absolute atomic E-state index is 11.2. The maximum atomic E-state index is 11.2. The Morgan fingerprint density at radius 1 is 1.45 bits per heavy atom. The minimum Gasteiger partial charge on any atom is -0.493 e. The molecule has 1 aliphatic rings. The normalized spacial score (nSPS) is 21.3. The van der Waals surface area contributed by atoms with E-state index in [4.69, 9.17) is 9.84 Å². The molecule has 2 rings (SSSR count). The van der Waals surface area contributed by atoms with Gasteiger partial charge in [-0.05, 0) is 30.4 Å². The predicted molar refractivity (Wildman–Crippen MR) is 74.6 cm³/mol. The first kappa shape index (κ1) is 14.6. The molecule has 20 heavy (non-hydrogen) atoms. The van der Waals surface area contributed by atoms with E-state index in [1.54, 1.807) is 0 Å². The van der Waals surface area contributed by atoms with Gasteiger partial charge in [0.15, 0.2) is 0 Å². The molecule has 2 N–H and O–H groups in total. The number of benzene rings is 1. The Morgan fingerprint density at radius 2 is 2.10 bits per heavy atom. The first-order valence-electron chi connectivity index (χ1n) is 6.23. The van der Waals surface area contributed by atoms with Gasteiger partial charge in [0.2, 0.25) is 10.0 Å². The highest BCUT2D eigenvalue weighted by atomic mass is 32.2. The van der Waals surface area contributed by atoms with Crippen LogP contribution in [0.2, 0.25) is 0 Å². The van der Waals surface area contributed by atoms with E-state index < -0.39 is 16.0 Å². The number of aromatic carboxylic acids is 1. The lowest BCUT2D eigenvalue weighted by Gasteiger charge is -2.10.